The number of nitrogens with one attached hydrogen (secondary N) is 2. The molecule has 1 aromatic carbocycles. The lowest BCUT2D eigenvalue weighted by molar-refractivity contribution is 0.342. The Morgan fingerprint density at radius 2 is 1.91 bits per heavy atom. The van der Waals surface area contributed by atoms with Crippen molar-refractivity contribution in [2.75, 3.05) is 44.4 Å². The van der Waals surface area contributed by atoms with Crippen molar-refractivity contribution >= 4 is 17.3 Å². The molecule has 22 heavy (non-hydrogen) atoms. The monoisotopic (exact) mass is 301 g/mol. The Kier molecular flexibility index (Phi) is 5.97. The molecule has 0 atom stereocenters. The summed E-state index contributed by atoms with van der Waals surface area (Å²) < 4.78 is 5.60. The number of nitrogens with zero attached hydrogens (tertiary/aromatic N) is 3. The van der Waals surface area contributed by atoms with Crippen LogP contribution in [0.3, 0.4) is 0 Å². The minimum Gasteiger partial charge on any atom is -0.492 e. The molecule has 0 saturated carbocycles. The van der Waals surface area contributed by atoms with Crippen molar-refractivity contribution in [1.82, 2.24) is 14.9 Å². The van der Waals surface area contributed by atoms with Crippen LogP contribution in [0.4, 0.5) is 17.3 Å². The minimum atomic E-state index is 0.625. The number of para-hydroxylation sites is 2. The molecule has 0 fully saturated rings. The van der Waals surface area contributed by atoms with Gasteiger partial charge in [-0.3, -0.25) is 0 Å². The summed E-state index contributed by atoms with van der Waals surface area (Å²) in [4.78, 5) is 10.6. The van der Waals surface area contributed by atoms with Crippen molar-refractivity contribution in [1.29, 1.82) is 0 Å². The predicted octanol–water partition coefficient (Wildman–Crippen LogP) is 2.59. The first kappa shape index (κ1) is 16.0. The van der Waals surface area contributed by atoms with Crippen molar-refractivity contribution in [3.05, 3.63) is 36.7 Å². The number of hydrogen-bond acceptors (Lipinski definition) is 6. The van der Waals surface area contributed by atoms with E-state index in [1.165, 1.54) is 0 Å². The topological polar surface area (TPSA) is 62.3 Å². The summed E-state index contributed by atoms with van der Waals surface area (Å²) in [6, 6.07) is 9.70. The molecule has 2 N–H and O–H groups in total. The van der Waals surface area contributed by atoms with Crippen molar-refractivity contribution in [3.8, 4) is 5.75 Å². The van der Waals surface area contributed by atoms with Crippen LogP contribution in [0.25, 0.3) is 0 Å². The maximum Gasteiger partial charge on any atom is 0.142 e. The van der Waals surface area contributed by atoms with Gasteiger partial charge in [-0.05, 0) is 33.2 Å². The number of rotatable bonds is 8. The zero-order valence-corrected chi connectivity index (χ0v) is 13.3. The van der Waals surface area contributed by atoms with Gasteiger partial charge in [0.15, 0.2) is 0 Å². The number of aromatic nitrogens is 2. The van der Waals surface area contributed by atoms with Crippen LogP contribution in [-0.2, 0) is 0 Å². The third-order valence-electron chi connectivity index (χ3n) is 2.98. The Balaban J connectivity index is 2.04. The van der Waals surface area contributed by atoms with Gasteiger partial charge in [0.05, 0.1) is 12.3 Å². The van der Waals surface area contributed by atoms with E-state index in [1.54, 1.807) is 6.33 Å². The maximum atomic E-state index is 5.60. The molecule has 2 aromatic rings. The molecule has 0 aliphatic heterocycles. The predicted molar refractivity (Wildman–Crippen MR) is 90.0 cm³/mol. The number of ether oxygens (including phenoxy) is 1. The summed E-state index contributed by atoms with van der Waals surface area (Å²) in [5.41, 5.74) is 0.891. The third kappa shape index (κ3) is 4.89. The second-order valence-corrected chi connectivity index (χ2v) is 5.07. The summed E-state index contributed by atoms with van der Waals surface area (Å²) >= 11 is 0. The van der Waals surface area contributed by atoms with E-state index in [1.807, 2.05) is 51.4 Å². The zero-order chi connectivity index (χ0) is 15.8. The number of likely N-dealkylation sites (N-methyl/N-ethyl adjacent to an activating group) is 1. The van der Waals surface area contributed by atoms with E-state index in [2.05, 4.69) is 25.5 Å². The van der Waals surface area contributed by atoms with E-state index >= 15 is 0 Å². The standard InChI is InChI=1S/C16H23N5O/c1-4-22-14-8-6-5-7-13(14)20-16-11-15(18-12-19-16)17-9-10-21(2)3/h5-8,11-12H,4,9-10H2,1-3H3,(H2,17,18,19,20). The molecule has 0 saturated heterocycles. The fourth-order valence-corrected chi connectivity index (χ4v) is 1.92. The van der Waals surface area contributed by atoms with E-state index in [4.69, 9.17) is 4.74 Å². The molecular formula is C16H23N5O. The number of benzene rings is 1. The summed E-state index contributed by atoms with van der Waals surface area (Å²) in [5.74, 6) is 2.34. The van der Waals surface area contributed by atoms with Gasteiger partial charge < -0.3 is 20.3 Å². The van der Waals surface area contributed by atoms with Gasteiger partial charge in [0, 0.05) is 19.2 Å². The van der Waals surface area contributed by atoms with E-state index in [0.717, 1.165) is 36.2 Å². The second kappa shape index (κ2) is 8.19. The number of anilines is 3. The molecule has 0 aliphatic carbocycles. The van der Waals surface area contributed by atoms with Crippen LogP contribution in [0.2, 0.25) is 0 Å². The van der Waals surface area contributed by atoms with E-state index in [0.29, 0.717) is 6.61 Å². The molecule has 1 aromatic heterocycles. The lowest BCUT2D eigenvalue weighted by Gasteiger charge is -2.13. The van der Waals surface area contributed by atoms with Gasteiger partial charge in [-0.2, -0.15) is 0 Å². The quantitative estimate of drug-likeness (QED) is 0.781. The first-order valence-corrected chi connectivity index (χ1v) is 7.38. The summed E-state index contributed by atoms with van der Waals surface area (Å²) in [7, 11) is 4.08. The van der Waals surface area contributed by atoms with Crippen molar-refractivity contribution in [2.24, 2.45) is 0 Å². The highest BCUT2D eigenvalue weighted by molar-refractivity contribution is 5.65. The molecular weight excluding hydrogens is 278 g/mol. The molecule has 0 bridgehead atoms. The largest absolute Gasteiger partial charge is 0.492 e. The molecule has 0 spiro atoms. The lowest BCUT2D eigenvalue weighted by atomic mass is 10.3. The molecule has 6 nitrogen and oxygen atoms in total. The zero-order valence-electron chi connectivity index (χ0n) is 13.3. The molecule has 0 aliphatic rings. The third-order valence-corrected chi connectivity index (χ3v) is 2.98. The summed E-state index contributed by atoms with van der Waals surface area (Å²) in [5, 5.41) is 6.55. The van der Waals surface area contributed by atoms with Gasteiger partial charge in [-0.15, -0.1) is 0 Å². The molecule has 0 radical (unpaired) electrons. The van der Waals surface area contributed by atoms with E-state index in [-0.39, 0.29) is 0 Å². The Labute approximate surface area is 131 Å². The normalized spacial score (nSPS) is 10.5. The van der Waals surface area contributed by atoms with Gasteiger partial charge in [0.2, 0.25) is 0 Å². The average Bonchev–Trinajstić information content (AvgIpc) is 2.50. The molecule has 0 unspecified atom stereocenters. The Morgan fingerprint density at radius 1 is 1.14 bits per heavy atom. The fraction of sp³-hybridized carbons (Fsp3) is 0.375. The van der Waals surface area contributed by atoms with Crippen LogP contribution in [0.5, 0.6) is 5.75 Å². The van der Waals surface area contributed by atoms with Crippen molar-refractivity contribution < 1.29 is 4.74 Å². The van der Waals surface area contributed by atoms with Gasteiger partial charge in [0.1, 0.15) is 23.7 Å². The fourth-order valence-electron chi connectivity index (χ4n) is 1.92. The van der Waals surface area contributed by atoms with Crippen LogP contribution in [-0.4, -0.2) is 48.7 Å². The van der Waals surface area contributed by atoms with Crippen molar-refractivity contribution in [2.45, 2.75) is 6.92 Å². The summed E-state index contributed by atoms with van der Waals surface area (Å²) in [6.07, 6.45) is 1.55. The SMILES string of the molecule is CCOc1ccccc1Nc1cc(NCCN(C)C)ncn1. The minimum absolute atomic E-state index is 0.625. The van der Waals surface area contributed by atoms with E-state index < -0.39 is 0 Å². The van der Waals surface area contributed by atoms with E-state index in [9.17, 15) is 0 Å². The van der Waals surface area contributed by atoms with Crippen LogP contribution < -0.4 is 15.4 Å². The Bertz CT molecular complexity index is 588. The molecule has 2 rings (SSSR count). The van der Waals surface area contributed by atoms with Crippen LogP contribution in [0.15, 0.2) is 36.7 Å². The highest BCUT2D eigenvalue weighted by atomic mass is 16.5. The molecule has 0 amide bonds. The summed E-state index contributed by atoms with van der Waals surface area (Å²) in [6.45, 7) is 4.37. The molecule has 118 valence electrons. The van der Waals surface area contributed by atoms with Gasteiger partial charge >= 0.3 is 0 Å². The van der Waals surface area contributed by atoms with Gasteiger partial charge in [-0.1, -0.05) is 12.1 Å². The Morgan fingerprint density at radius 3 is 2.68 bits per heavy atom. The number of hydrogen-bond donors (Lipinski definition) is 2. The van der Waals surface area contributed by atoms with Crippen molar-refractivity contribution in [3.63, 3.8) is 0 Å². The van der Waals surface area contributed by atoms with Gasteiger partial charge in [-0.25, -0.2) is 9.97 Å². The van der Waals surface area contributed by atoms with Crippen LogP contribution in [0, 0.1) is 0 Å². The van der Waals surface area contributed by atoms with Crippen LogP contribution in [0.1, 0.15) is 6.92 Å². The average molecular weight is 301 g/mol. The van der Waals surface area contributed by atoms with Crippen LogP contribution >= 0.6 is 0 Å². The van der Waals surface area contributed by atoms with Gasteiger partial charge in [0.25, 0.3) is 0 Å². The Hall–Kier alpha value is -2.34. The highest BCUT2D eigenvalue weighted by Gasteiger charge is 2.04. The second-order valence-electron chi connectivity index (χ2n) is 5.07. The smallest absolute Gasteiger partial charge is 0.142 e. The highest BCUT2D eigenvalue weighted by Crippen LogP contribution is 2.26. The molecule has 1 heterocycles. The maximum absolute atomic E-state index is 5.60. The lowest BCUT2D eigenvalue weighted by Crippen LogP contribution is -2.21. The molecule has 6 heteroatoms. The first-order chi connectivity index (χ1) is 10.7. The first-order valence-electron chi connectivity index (χ1n) is 7.38.